The van der Waals surface area contributed by atoms with Crippen molar-refractivity contribution in [2.45, 2.75) is 20.0 Å². The van der Waals surface area contributed by atoms with Gasteiger partial charge in [0.1, 0.15) is 17.1 Å². The maximum Gasteiger partial charge on any atom is 0.336 e. The molecule has 0 atom stereocenters. The molecule has 2 aromatic carbocycles. The molecule has 0 spiro atoms. The Hall–Kier alpha value is -2.83. The number of nitrogens with zero attached hydrogens (tertiary/aromatic N) is 2. The smallest absolute Gasteiger partial charge is 0.336 e. The van der Waals surface area contributed by atoms with Gasteiger partial charge in [0.15, 0.2) is 0 Å². The molecule has 1 saturated heterocycles. The molecule has 0 aliphatic carbocycles. The Kier molecular flexibility index (Phi) is 5.83. The van der Waals surface area contributed by atoms with E-state index in [9.17, 15) is 9.90 Å². The lowest BCUT2D eigenvalue weighted by atomic mass is 10.1. The van der Waals surface area contributed by atoms with Crippen molar-refractivity contribution in [2.75, 3.05) is 32.8 Å². The first-order valence-corrected chi connectivity index (χ1v) is 10.0. The van der Waals surface area contributed by atoms with E-state index < -0.39 is 0 Å². The van der Waals surface area contributed by atoms with Crippen LogP contribution in [-0.2, 0) is 13.1 Å². The topological polar surface area (TPSA) is 66.2 Å². The molecule has 0 amide bonds. The molecular formula is C23H26N2O4. The van der Waals surface area contributed by atoms with Crippen molar-refractivity contribution in [2.24, 2.45) is 0 Å². The number of ether oxygens (including phenoxy) is 1. The monoisotopic (exact) mass is 394 g/mol. The Labute approximate surface area is 169 Å². The SMILES string of the molecule is CCOc1ccc(CN2CCN(Cc3cc(=O)oc4cc(O)ccc34)CC2)cc1. The summed E-state index contributed by atoms with van der Waals surface area (Å²) in [4.78, 5) is 16.7. The second kappa shape index (κ2) is 8.68. The molecule has 29 heavy (non-hydrogen) atoms. The zero-order chi connectivity index (χ0) is 20.2. The number of hydrogen-bond donors (Lipinski definition) is 1. The van der Waals surface area contributed by atoms with Gasteiger partial charge in [-0.1, -0.05) is 12.1 Å². The summed E-state index contributed by atoms with van der Waals surface area (Å²) in [6.45, 7) is 8.14. The third-order valence-electron chi connectivity index (χ3n) is 5.31. The molecule has 1 N–H and O–H groups in total. The Morgan fingerprint density at radius 2 is 1.66 bits per heavy atom. The van der Waals surface area contributed by atoms with Crippen molar-refractivity contribution < 1.29 is 14.3 Å². The maximum absolute atomic E-state index is 11.9. The van der Waals surface area contributed by atoms with Gasteiger partial charge in [-0.2, -0.15) is 0 Å². The summed E-state index contributed by atoms with van der Waals surface area (Å²) >= 11 is 0. The molecule has 0 saturated carbocycles. The summed E-state index contributed by atoms with van der Waals surface area (Å²) in [5.74, 6) is 1.01. The van der Waals surface area contributed by atoms with E-state index in [2.05, 4.69) is 21.9 Å². The second-order valence-electron chi connectivity index (χ2n) is 7.40. The molecule has 6 heteroatoms. The van der Waals surface area contributed by atoms with Gasteiger partial charge in [-0.25, -0.2) is 4.79 Å². The van der Waals surface area contributed by atoms with E-state index in [1.165, 1.54) is 11.6 Å². The fraction of sp³-hybridized carbons (Fsp3) is 0.348. The van der Waals surface area contributed by atoms with E-state index in [1.807, 2.05) is 25.1 Å². The zero-order valence-corrected chi connectivity index (χ0v) is 16.6. The Bertz CT molecular complexity index is 1020. The Balaban J connectivity index is 1.37. The highest BCUT2D eigenvalue weighted by Crippen LogP contribution is 2.23. The van der Waals surface area contributed by atoms with Crippen LogP contribution >= 0.6 is 0 Å². The summed E-state index contributed by atoms with van der Waals surface area (Å²) in [5.41, 5.74) is 2.28. The van der Waals surface area contributed by atoms with E-state index >= 15 is 0 Å². The van der Waals surface area contributed by atoms with E-state index in [1.54, 1.807) is 12.1 Å². The molecule has 0 unspecified atom stereocenters. The number of fused-ring (bicyclic) bond motifs is 1. The van der Waals surface area contributed by atoms with Crippen LogP contribution in [0.4, 0.5) is 0 Å². The van der Waals surface area contributed by atoms with Gasteiger partial charge in [0.25, 0.3) is 0 Å². The number of aromatic hydroxyl groups is 1. The van der Waals surface area contributed by atoms with Crippen molar-refractivity contribution in [3.8, 4) is 11.5 Å². The molecule has 2 heterocycles. The minimum Gasteiger partial charge on any atom is -0.508 e. The molecule has 1 aliphatic heterocycles. The predicted molar refractivity (Wildman–Crippen MR) is 112 cm³/mol. The van der Waals surface area contributed by atoms with Crippen molar-refractivity contribution in [1.82, 2.24) is 9.80 Å². The quantitative estimate of drug-likeness (QED) is 0.648. The fourth-order valence-electron chi connectivity index (χ4n) is 3.81. The van der Waals surface area contributed by atoms with Crippen LogP contribution < -0.4 is 10.4 Å². The predicted octanol–water partition coefficient (Wildman–Crippen LogP) is 3.22. The van der Waals surface area contributed by atoms with Crippen LogP contribution in [0.2, 0.25) is 0 Å². The van der Waals surface area contributed by atoms with Gasteiger partial charge >= 0.3 is 5.63 Å². The minimum atomic E-state index is -0.382. The third kappa shape index (κ3) is 4.78. The molecule has 3 aromatic rings. The van der Waals surface area contributed by atoms with Crippen LogP contribution in [0.3, 0.4) is 0 Å². The fourth-order valence-corrected chi connectivity index (χ4v) is 3.81. The van der Waals surface area contributed by atoms with Gasteiger partial charge in [-0.05, 0) is 42.3 Å². The first-order chi connectivity index (χ1) is 14.1. The standard InChI is InChI=1S/C23H26N2O4/c1-2-28-20-6-3-17(4-7-20)15-24-9-11-25(12-10-24)16-18-13-23(27)29-22-14-19(26)5-8-21(18)22/h3-8,13-14,26H,2,9-12,15-16H2,1H3. The summed E-state index contributed by atoms with van der Waals surface area (Å²) < 4.78 is 10.7. The van der Waals surface area contributed by atoms with E-state index in [0.717, 1.165) is 49.4 Å². The summed E-state index contributed by atoms with van der Waals surface area (Å²) in [5, 5.41) is 10.5. The first kappa shape index (κ1) is 19.5. The molecule has 0 bridgehead atoms. The van der Waals surface area contributed by atoms with Crippen LogP contribution in [0.15, 0.2) is 57.7 Å². The Morgan fingerprint density at radius 1 is 0.966 bits per heavy atom. The minimum absolute atomic E-state index is 0.0979. The Morgan fingerprint density at radius 3 is 2.34 bits per heavy atom. The summed E-state index contributed by atoms with van der Waals surface area (Å²) in [7, 11) is 0. The lowest BCUT2D eigenvalue weighted by Gasteiger charge is -2.34. The second-order valence-corrected chi connectivity index (χ2v) is 7.40. The molecule has 1 aliphatic rings. The maximum atomic E-state index is 11.9. The summed E-state index contributed by atoms with van der Waals surface area (Å²) in [6, 6.07) is 14.8. The highest BCUT2D eigenvalue weighted by atomic mass is 16.5. The van der Waals surface area contributed by atoms with Gasteiger partial charge in [-0.15, -0.1) is 0 Å². The normalized spacial score (nSPS) is 15.6. The third-order valence-corrected chi connectivity index (χ3v) is 5.31. The van der Waals surface area contributed by atoms with Crippen molar-refractivity contribution in [1.29, 1.82) is 0 Å². The van der Waals surface area contributed by atoms with E-state index in [-0.39, 0.29) is 11.4 Å². The number of rotatable bonds is 6. The van der Waals surface area contributed by atoms with Crippen molar-refractivity contribution >= 4 is 11.0 Å². The zero-order valence-electron chi connectivity index (χ0n) is 16.6. The number of benzene rings is 2. The average molecular weight is 394 g/mol. The number of phenolic OH excluding ortho intramolecular Hbond substituents is 1. The molecule has 152 valence electrons. The largest absolute Gasteiger partial charge is 0.508 e. The van der Waals surface area contributed by atoms with Gasteiger partial charge in [-0.3, -0.25) is 9.80 Å². The highest BCUT2D eigenvalue weighted by Gasteiger charge is 2.18. The van der Waals surface area contributed by atoms with Crippen molar-refractivity contribution in [3.63, 3.8) is 0 Å². The van der Waals surface area contributed by atoms with Crippen molar-refractivity contribution in [3.05, 3.63) is 70.1 Å². The summed E-state index contributed by atoms with van der Waals surface area (Å²) in [6.07, 6.45) is 0. The van der Waals surface area contributed by atoms with E-state index in [4.69, 9.17) is 9.15 Å². The molecule has 1 fully saturated rings. The lowest BCUT2D eigenvalue weighted by molar-refractivity contribution is 0.122. The number of hydrogen-bond acceptors (Lipinski definition) is 6. The molecule has 4 rings (SSSR count). The average Bonchev–Trinajstić information content (AvgIpc) is 2.70. The lowest BCUT2D eigenvalue weighted by Crippen LogP contribution is -2.45. The van der Waals surface area contributed by atoms with Gasteiger partial charge < -0.3 is 14.3 Å². The van der Waals surface area contributed by atoms with Gasteiger partial charge in [0.2, 0.25) is 0 Å². The molecule has 0 radical (unpaired) electrons. The molecule has 1 aromatic heterocycles. The van der Waals surface area contributed by atoms with Gasteiger partial charge in [0, 0.05) is 56.8 Å². The van der Waals surface area contributed by atoms with E-state index in [0.29, 0.717) is 18.7 Å². The van der Waals surface area contributed by atoms with Crippen LogP contribution in [0.5, 0.6) is 11.5 Å². The highest BCUT2D eigenvalue weighted by molar-refractivity contribution is 5.81. The van der Waals surface area contributed by atoms with Crippen LogP contribution in [0, 0.1) is 0 Å². The number of phenols is 1. The van der Waals surface area contributed by atoms with Crippen LogP contribution in [0.25, 0.3) is 11.0 Å². The number of piperazine rings is 1. The molecular weight excluding hydrogens is 368 g/mol. The van der Waals surface area contributed by atoms with Crippen LogP contribution in [-0.4, -0.2) is 47.7 Å². The van der Waals surface area contributed by atoms with Crippen LogP contribution in [0.1, 0.15) is 18.1 Å². The first-order valence-electron chi connectivity index (χ1n) is 10.0. The van der Waals surface area contributed by atoms with Gasteiger partial charge in [0.05, 0.1) is 6.61 Å². The molecule has 6 nitrogen and oxygen atoms in total.